The fraction of sp³-hybridized carbons (Fsp3) is 0.167. The number of hydrogen-bond acceptors (Lipinski definition) is 5. The summed E-state index contributed by atoms with van der Waals surface area (Å²) in [4.78, 5) is 0. The smallest absolute Gasteiger partial charge is 0.280 e. The topological polar surface area (TPSA) is 96.6 Å². The lowest BCUT2D eigenvalue weighted by Crippen LogP contribution is -2.18. The quantitative estimate of drug-likeness (QED) is 0.510. The molecule has 0 fully saturated rings. The van der Waals surface area contributed by atoms with E-state index in [-0.39, 0.29) is 21.4 Å². The number of benzene rings is 1. The highest BCUT2D eigenvalue weighted by Crippen LogP contribution is 2.24. The van der Waals surface area contributed by atoms with Crippen molar-refractivity contribution in [2.24, 2.45) is 12.2 Å². The molecular formula is C12H13ClN4O3S. The van der Waals surface area contributed by atoms with Crippen molar-refractivity contribution in [3.8, 4) is 0 Å². The van der Waals surface area contributed by atoms with Gasteiger partial charge in [-0.1, -0.05) is 35.0 Å². The largest absolute Gasteiger partial charge is 0.411 e. The van der Waals surface area contributed by atoms with Crippen molar-refractivity contribution >= 4 is 33.0 Å². The molecule has 0 saturated heterocycles. The molecule has 0 aliphatic heterocycles. The van der Waals surface area contributed by atoms with E-state index in [1.54, 1.807) is 31.2 Å². The molecule has 0 aliphatic rings. The first kappa shape index (κ1) is 15.3. The highest BCUT2D eigenvalue weighted by Gasteiger charge is 2.24. The predicted octanol–water partition coefficient (Wildman–Crippen LogP) is 2.07. The Labute approximate surface area is 126 Å². The fourth-order valence-electron chi connectivity index (χ4n) is 1.84. The standard InChI is InChI=1S/C12H13ClN4O3S/c1-8(15-18)9-5-3-4-6-11(9)16-21(19,20)12-10(13)7-14-17(12)2/h3-7,16,18H,1-2H3/b15-8-. The predicted molar refractivity (Wildman–Crippen MR) is 79.5 cm³/mol. The van der Waals surface area contributed by atoms with E-state index in [1.165, 1.54) is 17.9 Å². The molecule has 0 saturated carbocycles. The minimum absolute atomic E-state index is 0.0232. The van der Waals surface area contributed by atoms with Gasteiger partial charge in [0.05, 0.1) is 22.6 Å². The molecule has 7 nitrogen and oxygen atoms in total. The van der Waals surface area contributed by atoms with Crippen molar-refractivity contribution in [3.05, 3.63) is 41.0 Å². The normalized spacial score (nSPS) is 12.4. The van der Waals surface area contributed by atoms with Gasteiger partial charge in [0.25, 0.3) is 10.0 Å². The second-order valence-corrected chi connectivity index (χ2v) is 6.26. The summed E-state index contributed by atoms with van der Waals surface area (Å²) >= 11 is 5.86. The molecule has 0 amide bonds. The van der Waals surface area contributed by atoms with Gasteiger partial charge in [-0.25, -0.2) is 0 Å². The van der Waals surface area contributed by atoms with E-state index in [2.05, 4.69) is 15.0 Å². The maximum absolute atomic E-state index is 12.4. The number of nitrogens with one attached hydrogen (secondary N) is 1. The third-order valence-corrected chi connectivity index (χ3v) is 4.68. The van der Waals surface area contributed by atoms with Crippen LogP contribution in [-0.4, -0.2) is 29.1 Å². The Kier molecular flexibility index (Phi) is 4.19. The zero-order valence-electron chi connectivity index (χ0n) is 11.3. The van der Waals surface area contributed by atoms with E-state index >= 15 is 0 Å². The Balaban J connectivity index is 2.48. The third-order valence-electron chi connectivity index (χ3n) is 2.81. The highest BCUT2D eigenvalue weighted by atomic mass is 35.5. The van der Waals surface area contributed by atoms with E-state index in [9.17, 15) is 8.42 Å². The van der Waals surface area contributed by atoms with Crippen LogP contribution in [0.25, 0.3) is 0 Å². The number of nitrogens with zero attached hydrogens (tertiary/aromatic N) is 3. The molecule has 0 unspecified atom stereocenters. The summed E-state index contributed by atoms with van der Waals surface area (Å²) in [6.07, 6.45) is 1.25. The lowest BCUT2D eigenvalue weighted by atomic mass is 10.1. The summed E-state index contributed by atoms with van der Waals surface area (Å²) in [5.74, 6) is 0. The van der Waals surface area contributed by atoms with Crippen LogP contribution in [0.2, 0.25) is 5.02 Å². The van der Waals surface area contributed by atoms with Crippen LogP contribution in [0, 0.1) is 0 Å². The Morgan fingerprint density at radius 3 is 2.67 bits per heavy atom. The van der Waals surface area contributed by atoms with Gasteiger partial charge in [0.15, 0.2) is 5.03 Å². The minimum Gasteiger partial charge on any atom is -0.411 e. The first-order valence-corrected chi connectivity index (χ1v) is 7.71. The SMILES string of the molecule is C/C(=N/O)c1ccccc1NS(=O)(=O)c1c(Cl)cnn1C. The number of para-hydroxylation sites is 1. The molecule has 1 aromatic heterocycles. The Morgan fingerprint density at radius 1 is 1.43 bits per heavy atom. The van der Waals surface area contributed by atoms with E-state index in [0.717, 1.165) is 0 Å². The van der Waals surface area contributed by atoms with E-state index < -0.39 is 10.0 Å². The lowest BCUT2D eigenvalue weighted by molar-refractivity contribution is 0.319. The minimum atomic E-state index is -3.91. The molecule has 1 heterocycles. The van der Waals surface area contributed by atoms with Crippen molar-refractivity contribution in [1.29, 1.82) is 0 Å². The molecule has 112 valence electrons. The molecule has 21 heavy (non-hydrogen) atoms. The van der Waals surface area contributed by atoms with Crippen LogP contribution in [-0.2, 0) is 17.1 Å². The molecule has 0 radical (unpaired) electrons. The van der Waals surface area contributed by atoms with Crippen molar-refractivity contribution in [2.75, 3.05) is 4.72 Å². The van der Waals surface area contributed by atoms with Crippen LogP contribution in [0.15, 0.2) is 40.6 Å². The summed E-state index contributed by atoms with van der Waals surface area (Å²) in [5, 5.41) is 15.6. The zero-order chi connectivity index (χ0) is 15.6. The maximum atomic E-state index is 12.4. The summed E-state index contributed by atoms with van der Waals surface area (Å²) in [7, 11) is -2.43. The van der Waals surface area contributed by atoms with Gasteiger partial charge in [0, 0.05) is 12.6 Å². The summed E-state index contributed by atoms with van der Waals surface area (Å²) in [5.41, 5.74) is 1.02. The van der Waals surface area contributed by atoms with Gasteiger partial charge in [0.2, 0.25) is 0 Å². The Morgan fingerprint density at radius 2 is 2.10 bits per heavy atom. The first-order valence-electron chi connectivity index (χ1n) is 5.85. The third kappa shape index (κ3) is 3.01. The summed E-state index contributed by atoms with van der Waals surface area (Å²) < 4.78 is 28.4. The molecule has 9 heteroatoms. The zero-order valence-corrected chi connectivity index (χ0v) is 12.9. The van der Waals surface area contributed by atoms with Gasteiger partial charge in [-0.15, -0.1) is 0 Å². The van der Waals surface area contributed by atoms with Gasteiger partial charge in [-0.05, 0) is 13.0 Å². The first-order chi connectivity index (χ1) is 9.86. The molecule has 2 rings (SSSR count). The number of aromatic nitrogens is 2. The van der Waals surface area contributed by atoms with Crippen LogP contribution in [0.1, 0.15) is 12.5 Å². The fourth-order valence-corrected chi connectivity index (χ4v) is 3.58. The summed E-state index contributed by atoms with van der Waals surface area (Å²) in [6, 6.07) is 6.57. The van der Waals surface area contributed by atoms with Crippen molar-refractivity contribution in [1.82, 2.24) is 9.78 Å². The van der Waals surface area contributed by atoms with Crippen molar-refractivity contribution in [2.45, 2.75) is 11.9 Å². The number of rotatable bonds is 4. The average molecular weight is 329 g/mol. The van der Waals surface area contributed by atoms with Crippen LogP contribution >= 0.6 is 11.6 Å². The number of sulfonamides is 1. The van der Waals surface area contributed by atoms with E-state index in [4.69, 9.17) is 16.8 Å². The molecule has 0 spiro atoms. The highest BCUT2D eigenvalue weighted by molar-refractivity contribution is 7.92. The molecule has 1 aromatic carbocycles. The number of anilines is 1. The number of oxime groups is 1. The second-order valence-electron chi connectivity index (χ2n) is 4.26. The molecular weight excluding hydrogens is 316 g/mol. The van der Waals surface area contributed by atoms with Crippen LogP contribution < -0.4 is 4.72 Å². The average Bonchev–Trinajstić information content (AvgIpc) is 2.78. The summed E-state index contributed by atoms with van der Waals surface area (Å²) in [6.45, 7) is 1.56. The van der Waals surface area contributed by atoms with Crippen molar-refractivity contribution < 1.29 is 13.6 Å². The number of hydrogen-bond donors (Lipinski definition) is 2. The van der Waals surface area contributed by atoms with Crippen LogP contribution in [0.4, 0.5) is 5.69 Å². The van der Waals surface area contributed by atoms with Crippen LogP contribution in [0.3, 0.4) is 0 Å². The lowest BCUT2D eigenvalue weighted by Gasteiger charge is -2.12. The van der Waals surface area contributed by atoms with Crippen LogP contribution in [0.5, 0.6) is 0 Å². The Bertz CT molecular complexity index is 779. The van der Waals surface area contributed by atoms with Crippen molar-refractivity contribution in [3.63, 3.8) is 0 Å². The molecule has 0 bridgehead atoms. The van der Waals surface area contributed by atoms with Gasteiger partial charge in [-0.2, -0.15) is 13.5 Å². The number of aryl methyl sites for hydroxylation is 1. The van der Waals surface area contributed by atoms with Gasteiger partial charge < -0.3 is 5.21 Å². The molecule has 2 aromatic rings. The van der Waals surface area contributed by atoms with E-state index in [0.29, 0.717) is 5.56 Å². The molecule has 0 aliphatic carbocycles. The molecule has 0 atom stereocenters. The maximum Gasteiger partial charge on any atom is 0.280 e. The second kappa shape index (κ2) is 5.74. The van der Waals surface area contributed by atoms with Gasteiger partial charge in [-0.3, -0.25) is 9.40 Å². The van der Waals surface area contributed by atoms with Gasteiger partial charge >= 0.3 is 0 Å². The number of halogens is 1. The van der Waals surface area contributed by atoms with E-state index in [1.807, 2.05) is 0 Å². The monoisotopic (exact) mass is 328 g/mol. The molecule has 2 N–H and O–H groups in total. The van der Waals surface area contributed by atoms with Gasteiger partial charge in [0.1, 0.15) is 0 Å². The Hall–Kier alpha value is -2.06.